The van der Waals surface area contributed by atoms with Crippen LogP contribution in [0.2, 0.25) is 0 Å². The maximum Gasteiger partial charge on any atom is 0.228 e. The van der Waals surface area contributed by atoms with Gasteiger partial charge in [0.1, 0.15) is 0 Å². The highest BCUT2D eigenvalue weighted by molar-refractivity contribution is 5.48. The van der Waals surface area contributed by atoms with E-state index in [4.69, 9.17) is 4.52 Å². The molecule has 88 valence electrons. The Morgan fingerprint density at radius 2 is 2.12 bits per heavy atom. The zero-order valence-electron chi connectivity index (χ0n) is 9.67. The second kappa shape index (κ2) is 4.45. The summed E-state index contributed by atoms with van der Waals surface area (Å²) >= 11 is 0. The molecule has 3 heterocycles. The van der Waals surface area contributed by atoms with Gasteiger partial charge < -0.3 is 14.7 Å². The molecule has 2 aliphatic rings. The van der Waals surface area contributed by atoms with Crippen LogP contribution in [0.3, 0.4) is 0 Å². The first-order valence-electron chi connectivity index (χ1n) is 6.37. The van der Waals surface area contributed by atoms with Gasteiger partial charge in [0.2, 0.25) is 5.88 Å². The quantitative estimate of drug-likeness (QED) is 0.843. The van der Waals surface area contributed by atoms with Crippen molar-refractivity contribution < 1.29 is 4.52 Å². The number of likely N-dealkylation sites (tertiary alicyclic amines) is 1. The third-order valence-corrected chi connectivity index (χ3v) is 3.64. The van der Waals surface area contributed by atoms with Crippen molar-refractivity contribution in [2.24, 2.45) is 0 Å². The average molecular weight is 221 g/mol. The summed E-state index contributed by atoms with van der Waals surface area (Å²) in [5, 5.41) is 7.37. The molecule has 4 nitrogen and oxygen atoms in total. The predicted octanol–water partition coefficient (Wildman–Crippen LogP) is 1.67. The maximum absolute atomic E-state index is 5.27. The van der Waals surface area contributed by atoms with Crippen LogP contribution in [0.5, 0.6) is 0 Å². The van der Waals surface area contributed by atoms with E-state index >= 15 is 0 Å². The minimum absolute atomic E-state index is 0.911. The molecule has 16 heavy (non-hydrogen) atoms. The van der Waals surface area contributed by atoms with Crippen molar-refractivity contribution in [3.63, 3.8) is 0 Å². The molecule has 0 radical (unpaired) electrons. The van der Waals surface area contributed by atoms with Crippen LogP contribution in [0.15, 0.2) is 4.52 Å². The minimum Gasteiger partial charge on any atom is -0.353 e. The van der Waals surface area contributed by atoms with E-state index in [2.05, 4.69) is 15.4 Å². The Morgan fingerprint density at radius 3 is 3.00 bits per heavy atom. The van der Waals surface area contributed by atoms with Crippen molar-refractivity contribution >= 4 is 5.88 Å². The van der Waals surface area contributed by atoms with Crippen molar-refractivity contribution in [1.29, 1.82) is 0 Å². The van der Waals surface area contributed by atoms with Crippen LogP contribution in [0.4, 0.5) is 5.88 Å². The van der Waals surface area contributed by atoms with Gasteiger partial charge in [-0.1, -0.05) is 11.6 Å². The van der Waals surface area contributed by atoms with Gasteiger partial charge in [-0.25, -0.2) is 0 Å². The molecule has 0 aliphatic carbocycles. The molecule has 0 atom stereocenters. The summed E-state index contributed by atoms with van der Waals surface area (Å²) in [6.07, 6.45) is 6.24. The van der Waals surface area contributed by atoms with E-state index in [1.165, 1.54) is 43.6 Å². The van der Waals surface area contributed by atoms with Crippen molar-refractivity contribution in [3.8, 4) is 0 Å². The molecule has 0 bridgehead atoms. The van der Waals surface area contributed by atoms with E-state index in [1.54, 1.807) is 0 Å². The van der Waals surface area contributed by atoms with Crippen molar-refractivity contribution in [2.75, 3.05) is 31.5 Å². The van der Waals surface area contributed by atoms with E-state index in [0.29, 0.717) is 0 Å². The van der Waals surface area contributed by atoms with Gasteiger partial charge >= 0.3 is 0 Å². The smallest absolute Gasteiger partial charge is 0.228 e. The molecule has 0 unspecified atom stereocenters. The Kier molecular flexibility index (Phi) is 2.82. The number of hydrogen-bond donors (Lipinski definition) is 1. The lowest BCUT2D eigenvalue weighted by molar-refractivity contribution is 0.230. The van der Waals surface area contributed by atoms with Gasteiger partial charge in [-0.15, -0.1) is 0 Å². The second-order valence-corrected chi connectivity index (χ2v) is 4.77. The highest BCUT2D eigenvalue weighted by Gasteiger charge is 2.21. The number of fused-ring (bicyclic) bond motifs is 1. The summed E-state index contributed by atoms with van der Waals surface area (Å²) in [6.45, 7) is 4.67. The van der Waals surface area contributed by atoms with Gasteiger partial charge in [0, 0.05) is 25.1 Å². The summed E-state index contributed by atoms with van der Waals surface area (Å²) in [6, 6.07) is 0. The largest absolute Gasteiger partial charge is 0.353 e. The highest BCUT2D eigenvalue weighted by atomic mass is 16.5. The van der Waals surface area contributed by atoms with Gasteiger partial charge in [0.25, 0.3) is 0 Å². The summed E-state index contributed by atoms with van der Waals surface area (Å²) in [5.74, 6) is 0.911. The lowest BCUT2D eigenvalue weighted by atomic mass is 10.1. The molecule has 3 rings (SSSR count). The zero-order chi connectivity index (χ0) is 10.8. The zero-order valence-corrected chi connectivity index (χ0v) is 9.67. The number of piperidine rings is 1. The first-order valence-corrected chi connectivity index (χ1v) is 6.37. The Labute approximate surface area is 96.0 Å². The summed E-state index contributed by atoms with van der Waals surface area (Å²) in [7, 11) is 0. The van der Waals surface area contributed by atoms with E-state index in [-0.39, 0.29) is 0 Å². The Morgan fingerprint density at radius 1 is 1.25 bits per heavy atom. The number of aromatic nitrogens is 1. The molecular weight excluding hydrogens is 202 g/mol. The normalized spacial score (nSPS) is 20.8. The molecule has 1 aromatic rings. The fourth-order valence-corrected chi connectivity index (χ4v) is 2.68. The number of hydrogen-bond acceptors (Lipinski definition) is 4. The maximum atomic E-state index is 5.27. The fourth-order valence-electron chi connectivity index (χ4n) is 2.68. The van der Waals surface area contributed by atoms with E-state index in [1.807, 2.05) is 0 Å². The predicted molar refractivity (Wildman–Crippen MR) is 62.7 cm³/mol. The van der Waals surface area contributed by atoms with E-state index in [9.17, 15) is 0 Å². The molecule has 0 spiro atoms. The van der Waals surface area contributed by atoms with Gasteiger partial charge in [0.05, 0.1) is 5.69 Å². The third kappa shape index (κ3) is 1.94. The topological polar surface area (TPSA) is 41.3 Å². The van der Waals surface area contributed by atoms with Crippen LogP contribution < -0.4 is 5.32 Å². The molecule has 0 aromatic carbocycles. The van der Waals surface area contributed by atoms with Crippen LogP contribution in [0.1, 0.15) is 30.5 Å². The fraction of sp³-hybridized carbons (Fsp3) is 0.750. The van der Waals surface area contributed by atoms with Gasteiger partial charge in [-0.2, -0.15) is 0 Å². The SMILES string of the molecule is C1CCN(CCc2noc3c2CCN3)CC1. The molecule has 2 aliphatic heterocycles. The van der Waals surface area contributed by atoms with E-state index < -0.39 is 0 Å². The van der Waals surface area contributed by atoms with Gasteiger partial charge in [0.15, 0.2) is 0 Å². The third-order valence-electron chi connectivity index (χ3n) is 3.64. The molecule has 4 heteroatoms. The minimum atomic E-state index is 0.911. The monoisotopic (exact) mass is 221 g/mol. The molecule has 0 saturated carbocycles. The number of nitrogens with zero attached hydrogens (tertiary/aromatic N) is 2. The van der Waals surface area contributed by atoms with Crippen LogP contribution >= 0.6 is 0 Å². The van der Waals surface area contributed by atoms with Crippen LogP contribution in [-0.4, -0.2) is 36.2 Å². The Hall–Kier alpha value is -1.03. The van der Waals surface area contributed by atoms with Gasteiger partial charge in [-0.3, -0.25) is 0 Å². The first-order chi connectivity index (χ1) is 7.93. The standard InChI is InChI=1S/C12H19N3O/c1-2-7-15(8-3-1)9-5-11-10-4-6-13-12(10)16-14-11/h13H,1-9H2. The summed E-state index contributed by atoms with van der Waals surface area (Å²) in [4.78, 5) is 2.55. The van der Waals surface area contributed by atoms with Crippen LogP contribution in [0, 0.1) is 0 Å². The lowest BCUT2D eigenvalue weighted by Crippen LogP contribution is -2.31. The van der Waals surface area contributed by atoms with Crippen LogP contribution in [-0.2, 0) is 12.8 Å². The molecule has 1 saturated heterocycles. The molecule has 1 N–H and O–H groups in total. The van der Waals surface area contributed by atoms with E-state index in [0.717, 1.165) is 31.8 Å². The average Bonchev–Trinajstić information content (AvgIpc) is 2.90. The summed E-state index contributed by atoms with van der Waals surface area (Å²) < 4.78 is 5.27. The number of nitrogens with one attached hydrogen (secondary N) is 1. The molecule has 1 fully saturated rings. The molecule has 1 aromatic heterocycles. The Bertz CT molecular complexity index is 355. The highest BCUT2D eigenvalue weighted by Crippen LogP contribution is 2.25. The van der Waals surface area contributed by atoms with Crippen molar-refractivity contribution in [1.82, 2.24) is 10.1 Å². The van der Waals surface area contributed by atoms with Crippen molar-refractivity contribution in [3.05, 3.63) is 11.3 Å². The second-order valence-electron chi connectivity index (χ2n) is 4.77. The van der Waals surface area contributed by atoms with Gasteiger partial charge in [-0.05, 0) is 32.4 Å². The first kappa shape index (κ1) is 10.1. The summed E-state index contributed by atoms with van der Waals surface area (Å²) in [5.41, 5.74) is 2.49. The number of rotatable bonds is 3. The van der Waals surface area contributed by atoms with Crippen LogP contribution in [0.25, 0.3) is 0 Å². The lowest BCUT2D eigenvalue weighted by Gasteiger charge is -2.25. The molecule has 0 amide bonds. The Balaban J connectivity index is 1.57. The molecular formula is C12H19N3O. The van der Waals surface area contributed by atoms with Crippen molar-refractivity contribution in [2.45, 2.75) is 32.1 Å². The number of anilines is 1.